The number of nitrogens with one attached hydrogen (secondary N) is 1. The average Bonchev–Trinajstić information content (AvgIpc) is 2.72. The number of hydrogen-bond acceptors (Lipinski definition) is 3. The molecule has 1 fully saturated rings. The molecule has 0 aromatic heterocycles. The molecule has 0 aliphatic carbocycles. The molecule has 0 radical (unpaired) electrons. The summed E-state index contributed by atoms with van der Waals surface area (Å²) in [6, 6.07) is 16.7. The highest BCUT2D eigenvalue weighted by Gasteiger charge is 2.27. The van der Waals surface area contributed by atoms with Gasteiger partial charge in [0.1, 0.15) is 5.75 Å². The molecule has 0 bridgehead atoms. The van der Waals surface area contributed by atoms with E-state index in [0.29, 0.717) is 43.2 Å². The number of carbonyl (C=O) groups is 2. The monoisotopic (exact) mass is 386 g/mol. The molecule has 0 spiro atoms. The van der Waals surface area contributed by atoms with Crippen molar-refractivity contribution in [3.8, 4) is 5.75 Å². The zero-order chi connectivity index (χ0) is 19.1. The topological polar surface area (TPSA) is 58.6 Å². The minimum absolute atomic E-state index is 0.0252. The summed E-state index contributed by atoms with van der Waals surface area (Å²) in [6.07, 6.45) is 1.34. The van der Waals surface area contributed by atoms with Gasteiger partial charge in [0.2, 0.25) is 5.91 Å². The van der Waals surface area contributed by atoms with Gasteiger partial charge < -0.3 is 15.0 Å². The molecule has 5 nitrogen and oxygen atoms in total. The minimum Gasteiger partial charge on any atom is -0.484 e. The van der Waals surface area contributed by atoms with Crippen LogP contribution in [-0.2, 0) is 16.1 Å². The molecular weight excluding hydrogens is 364 g/mol. The lowest BCUT2D eigenvalue weighted by Crippen LogP contribution is -2.44. The normalized spacial score (nSPS) is 14.6. The molecule has 1 N–H and O–H groups in total. The van der Waals surface area contributed by atoms with Crippen LogP contribution in [0.4, 0.5) is 0 Å². The molecule has 1 heterocycles. The molecule has 2 amide bonds. The third-order valence-electron chi connectivity index (χ3n) is 4.70. The number of likely N-dealkylation sites (tertiary alicyclic amines) is 1. The second kappa shape index (κ2) is 9.42. The van der Waals surface area contributed by atoms with Crippen LogP contribution in [0.1, 0.15) is 18.4 Å². The van der Waals surface area contributed by atoms with Crippen molar-refractivity contribution in [3.63, 3.8) is 0 Å². The Morgan fingerprint density at radius 3 is 2.37 bits per heavy atom. The van der Waals surface area contributed by atoms with E-state index in [2.05, 4.69) is 5.32 Å². The van der Waals surface area contributed by atoms with E-state index in [1.807, 2.05) is 54.6 Å². The largest absolute Gasteiger partial charge is 0.484 e. The van der Waals surface area contributed by atoms with Gasteiger partial charge in [-0.05, 0) is 42.7 Å². The summed E-state index contributed by atoms with van der Waals surface area (Å²) < 4.78 is 5.51. The van der Waals surface area contributed by atoms with Crippen molar-refractivity contribution in [2.45, 2.75) is 19.4 Å². The third kappa shape index (κ3) is 5.73. The summed E-state index contributed by atoms with van der Waals surface area (Å²) in [5.74, 6) is 0.621. The zero-order valence-electron chi connectivity index (χ0n) is 15.1. The number of benzene rings is 2. The van der Waals surface area contributed by atoms with Gasteiger partial charge in [0, 0.05) is 30.6 Å². The van der Waals surface area contributed by atoms with E-state index in [1.54, 1.807) is 4.90 Å². The van der Waals surface area contributed by atoms with Crippen molar-refractivity contribution in [1.82, 2.24) is 10.2 Å². The van der Waals surface area contributed by atoms with E-state index in [0.717, 1.165) is 5.56 Å². The average molecular weight is 387 g/mol. The van der Waals surface area contributed by atoms with Crippen molar-refractivity contribution in [2.24, 2.45) is 5.92 Å². The quantitative estimate of drug-likeness (QED) is 0.828. The second-order valence-corrected chi connectivity index (χ2v) is 7.04. The first kappa shape index (κ1) is 19.2. The standard InChI is InChI=1S/C21H23ClN2O3/c22-18-8-6-16(7-9-18)14-23-21(26)17-10-12-24(13-11-17)20(25)15-27-19-4-2-1-3-5-19/h1-9,17H,10-15H2,(H,23,26). The van der Waals surface area contributed by atoms with E-state index in [9.17, 15) is 9.59 Å². The summed E-state index contributed by atoms with van der Waals surface area (Å²) in [7, 11) is 0. The Labute approximate surface area is 164 Å². The number of ether oxygens (including phenoxy) is 1. The van der Waals surface area contributed by atoms with Gasteiger partial charge in [-0.2, -0.15) is 0 Å². The molecule has 3 rings (SSSR count). The Kier molecular flexibility index (Phi) is 6.71. The molecule has 1 aliphatic heterocycles. The Morgan fingerprint density at radius 1 is 1.04 bits per heavy atom. The molecular formula is C21H23ClN2O3. The molecule has 0 saturated carbocycles. The first-order chi connectivity index (χ1) is 13.1. The summed E-state index contributed by atoms with van der Waals surface area (Å²) in [4.78, 5) is 26.4. The number of carbonyl (C=O) groups excluding carboxylic acids is 2. The fraction of sp³-hybridized carbons (Fsp3) is 0.333. The summed E-state index contributed by atoms with van der Waals surface area (Å²) in [6.45, 7) is 1.67. The second-order valence-electron chi connectivity index (χ2n) is 6.60. The Morgan fingerprint density at radius 2 is 1.70 bits per heavy atom. The predicted octanol–water partition coefficient (Wildman–Crippen LogP) is 3.27. The third-order valence-corrected chi connectivity index (χ3v) is 4.96. The first-order valence-electron chi connectivity index (χ1n) is 9.09. The first-order valence-corrected chi connectivity index (χ1v) is 9.47. The molecule has 142 valence electrons. The fourth-order valence-corrected chi connectivity index (χ4v) is 3.21. The number of nitrogens with zero attached hydrogens (tertiary/aromatic N) is 1. The van der Waals surface area contributed by atoms with Crippen molar-refractivity contribution in [2.75, 3.05) is 19.7 Å². The fourth-order valence-electron chi connectivity index (χ4n) is 3.08. The number of hydrogen-bond donors (Lipinski definition) is 1. The molecule has 6 heteroatoms. The minimum atomic E-state index is -0.0589. The summed E-state index contributed by atoms with van der Waals surface area (Å²) >= 11 is 5.86. The maximum Gasteiger partial charge on any atom is 0.260 e. The van der Waals surface area contributed by atoms with Crippen molar-refractivity contribution in [1.29, 1.82) is 0 Å². The van der Waals surface area contributed by atoms with Gasteiger partial charge in [0.25, 0.3) is 5.91 Å². The van der Waals surface area contributed by atoms with Gasteiger partial charge in [-0.1, -0.05) is 41.9 Å². The molecule has 1 aliphatic rings. The number of rotatable bonds is 6. The van der Waals surface area contributed by atoms with Crippen molar-refractivity contribution >= 4 is 23.4 Å². The van der Waals surface area contributed by atoms with Gasteiger partial charge in [0.15, 0.2) is 6.61 Å². The van der Waals surface area contributed by atoms with Gasteiger partial charge in [-0.15, -0.1) is 0 Å². The molecule has 0 unspecified atom stereocenters. The number of halogens is 1. The van der Waals surface area contributed by atoms with E-state index in [-0.39, 0.29) is 24.3 Å². The molecule has 2 aromatic carbocycles. The van der Waals surface area contributed by atoms with Crippen LogP contribution < -0.4 is 10.1 Å². The van der Waals surface area contributed by atoms with Crippen LogP contribution in [0.15, 0.2) is 54.6 Å². The molecule has 27 heavy (non-hydrogen) atoms. The number of para-hydroxylation sites is 1. The van der Waals surface area contributed by atoms with Crippen LogP contribution in [0, 0.1) is 5.92 Å². The number of amides is 2. The molecule has 2 aromatic rings. The maximum atomic E-state index is 12.4. The zero-order valence-corrected chi connectivity index (χ0v) is 15.8. The van der Waals surface area contributed by atoms with Crippen molar-refractivity contribution in [3.05, 3.63) is 65.2 Å². The van der Waals surface area contributed by atoms with Crippen LogP contribution in [0.2, 0.25) is 5.02 Å². The Balaban J connectivity index is 1.39. The van der Waals surface area contributed by atoms with Crippen LogP contribution in [0.3, 0.4) is 0 Å². The Bertz CT molecular complexity index is 757. The van der Waals surface area contributed by atoms with E-state index < -0.39 is 0 Å². The molecule has 0 atom stereocenters. The lowest BCUT2D eigenvalue weighted by Gasteiger charge is -2.31. The predicted molar refractivity (Wildman–Crippen MR) is 105 cm³/mol. The van der Waals surface area contributed by atoms with Crippen LogP contribution in [-0.4, -0.2) is 36.4 Å². The van der Waals surface area contributed by atoms with Crippen LogP contribution in [0.25, 0.3) is 0 Å². The smallest absolute Gasteiger partial charge is 0.260 e. The van der Waals surface area contributed by atoms with Gasteiger partial charge >= 0.3 is 0 Å². The van der Waals surface area contributed by atoms with Gasteiger partial charge in [-0.3, -0.25) is 9.59 Å². The van der Waals surface area contributed by atoms with Crippen LogP contribution >= 0.6 is 11.6 Å². The van der Waals surface area contributed by atoms with Gasteiger partial charge in [-0.25, -0.2) is 0 Å². The lowest BCUT2D eigenvalue weighted by atomic mass is 9.96. The lowest BCUT2D eigenvalue weighted by molar-refractivity contribution is -0.137. The highest BCUT2D eigenvalue weighted by molar-refractivity contribution is 6.30. The summed E-state index contributed by atoms with van der Waals surface area (Å²) in [5, 5.41) is 3.65. The van der Waals surface area contributed by atoms with Gasteiger partial charge in [0.05, 0.1) is 0 Å². The molecule has 1 saturated heterocycles. The van der Waals surface area contributed by atoms with Crippen LogP contribution in [0.5, 0.6) is 5.75 Å². The maximum absolute atomic E-state index is 12.4. The highest BCUT2D eigenvalue weighted by atomic mass is 35.5. The van der Waals surface area contributed by atoms with E-state index >= 15 is 0 Å². The highest BCUT2D eigenvalue weighted by Crippen LogP contribution is 2.18. The number of piperidine rings is 1. The van der Waals surface area contributed by atoms with E-state index in [1.165, 1.54) is 0 Å². The Hall–Kier alpha value is -2.53. The van der Waals surface area contributed by atoms with E-state index in [4.69, 9.17) is 16.3 Å². The summed E-state index contributed by atoms with van der Waals surface area (Å²) in [5.41, 5.74) is 1.01. The van der Waals surface area contributed by atoms with Crippen molar-refractivity contribution < 1.29 is 14.3 Å². The SMILES string of the molecule is O=C(NCc1ccc(Cl)cc1)C1CCN(C(=O)COc2ccccc2)CC1.